The first-order chi connectivity index (χ1) is 18.2. The second kappa shape index (κ2) is 10.2. The summed E-state index contributed by atoms with van der Waals surface area (Å²) in [5, 5.41) is 9.74. The van der Waals surface area contributed by atoms with Crippen LogP contribution in [0.3, 0.4) is 0 Å². The number of benzene rings is 2. The normalized spacial score (nSPS) is 26.4. The van der Waals surface area contributed by atoms with Crippen molar-refractivity contribution >= 4 is 23.3 Å². The molecule has 3 heterocycles. The third kappa shape index (κ3) is 4.66. The lowest BCUT2D eigenvalue weighted by Crippen LogP contribution is -2.51. The highest BCUT2D eigenvalue weighted by atomic mass is 16.2. The first-order valence-electron chi connectivity index (χ1n) is 13.4. The number of nitrogens with one attached hydrogen (secondary N) is 3. The zero-order chi connectivity index (χ0) is 25.2. The number of amides is 3. The average Bonchev–Trinajstić information content (AvgIpc) is 3.39. The summed E-state index contributed by atoms with van der Waals surface area (Å²) in [7, 11) is 0. The number of pyridine rings is 1. The van der Waals surface area contributed by atoms with Gasteiger partial charge in [-0.3, -0.25) is 9.78 Å². The van der Waals surface area contributed by atoms with Crippen molar-refractivity contribution in [1.29, 1.82) is 0 Å². The zero-order valence-electron chi connectivity index (χ0n) is 20.8. The maximum absolute atomic E-state index is 14.2. The molecule has 2 aliphatic heterocycles. The van der Waals surface area contributed by atoms with Gasteiger partial charge in [0.1, 0.15) is 0 Å². The quantitative estimate of drug-likeness (QED) is 0.445. The Hall–Kier alpha value is -3.87. The molecule has 3 aromatic rings. The van der Waals surface area contributed by atoms with Gasteiger partial charge in [-0.05, 0) is 48.6 Å². The molecule has 5 atom stereocenters. The summed E-state index contributed by atoms with van der Waals surface area (Å²) < 4.78 is 0. The minimum absolute atomic E-state index is 0.0296. The van der Waals surface area contributed by atoms with E-state index in [0.717, 1.165) is 44.3 Å². The number of hydrogen-bond donors (Lipinski definition) is 3. The lowest BCUT2D eigenvalue weighted by molar-refractivity contribution is -0.138. The van der Waals surface area contributed by atoms with Crippen LogP contribution in [-0.2, 0) is 4.79 Å². The van der Waals surface area contributed by atoms with Crippen LogP contribution in [0.1, 0.15) is 55.3 Å². The Morgan fingerprint density at radius 2 is 1.73 bits per heavy atom. The van der Waals surface area contributed by atoms with Gasteiger partial charge in [0, 0.05) is 30.4 Å². The van der Waals surface area contributed by atoms with Crippen LogP contribution in [0.5, 0.6) is 0 Å². The third-order valence-electron chi connectivity index (χ3n) is 8.22. The molecule has 0 bridgehead atoms. The summed E-state index contributed by atoms with van der Waals surface area (Å²) in [5.74, 6) is 0.247. The monoisotopic (exact) mass is 495 g/mol. The van der Waals surface area contributed by atoms with Crippen molar-refractivity contribution in [3.8, 4) is 0 Å². The minimum atomic E-state index is -0.284. The van der Waals surface area contributed by atoms with E-state index in [1.807, 2.05) is 6.07 Å². The van der Waals surface area contributed by atoms with Gasteiger partial charge in [0.25, 0.3) is 0 Å². The second-order valence-electron chi connectivity index (χ2n) is 10.4. The fourth-order valence-electron chi connectivity index (χ4n) is 6.55. The number of para-hydroxylation sites is 1. The van der Waals surface area contributed by atoms with Gasteiger partial charge < -0.3 is 20.9 Å². The molecule has 7 nitrogen and oxygen atoms in total. The van der Waals surface area contributed by atoms with Crippen molar-refractivity contribution in [2.24, 2.45) is 11.8 Å². The van der Waals surface area contributed by atoms with Gasteiger partial charge in [-0.15, -0.1) is 0 Å². The summed E-state index contributed by atoms with van der Waals surface area (Å²) in [6.45, 7) is 0.735. The molecular formula is C30H33N5O2. The van der Waals surface area contributed by atoms with Gasteiger partial charge in [-0.1, -0.05) is 61.4 Å². The summed E-state index contributed by atoms with van der Waals surface area (Å²) in [4.78, 5) is 33.1. The van der Waals surface area contributed by atoms with Crippen molar-refractivity contribution in [3.05, 3.63) is 90.3 Å². The maximum Gasteiger partial charge on any atom is 0.319 e. The summed E-state index contributed by atoms with van der Waals surface area (Å²) in [6, 6.07) is 22.3. The average molecular weight is 496 g/mol. The Morgan fingerprint density at radius 1 is 0.919 bits per heavy atom. The molecule has 3 aliphatic rings. The van der Waals surface area contributed by atoms with Gasteiger partial charge in [0.2, 0.25) is 5.91 Å². The predicted octanol–water partition coefficient (Wildman–Crippen LogP) is 5.52. The van der Waals surface area contributed by atoms with Crippen LogP contribution >= 0.6 is 0 Å². The molecule has 7 heteroatoms. The minimum Gasteiger partial charge on any atom is -0.378 e. The SMILES string of the molecule is O=C(Nc1cccnc1)N[C@@H]1CCCC[C@@H]1C(=O)N1CC[C@H]2[C@H](c3ccccc3)Nc3ccccc3[C@@H]21. The highest BCUT2D eigenvalue weighted by Gasteiger charge is 2.48. The molecule has 2 fully saturated rings. The number of carbonyl (C=O) groups is 2. The largest absolute Gasteiger partial charge is 0.378 e. The number of fused-ring (bicyclic) bond motifs is 3. The number of carbonyl (C=O) groups excluding carboxylic acids is 2. The molecule has 1 saturated heterocycles. The smallest absolute Gasteiger partial charge is 0.319 e. The second-order valence-corrected chi connectivity index (χ2v) is 10.4. The fourth-order valence-corrected chi connectivity index (χ4v) is 6.55. The maximum atomic E-state index is 14.2. The Kier molecular flexibility index (Phi) is 6.51. The van der Waals surface area contributed by atoms with Crippen molar-refractivity contribution in [3.63, 3.8) is 0 Å². The molecule has 6 rings (SSSR count). The van der Waals surface area contributed by atoms with Crippen molar-refractivity contribution in [2.45, 2.75) is 50.2 Å². The molecule has 2 aromatic carbocycles. The molecule has 3 amide bonds. The van der Waals surface area contributed by atoms with Gasteiger partial charge in [-0.2, -0.15) is 0 Å². The molecular weight excluding hydrogens is 462 g/mol. The number of rotatable bonds is 4. The molecule has 1 aliphatic carbocycles. The number of hydrogen-bond acceptors (Lipinski definition) is 4. The van der Waals surface area contributed by atoms with E-state index in [9.17, 15) is 9.59 Å². The number of likely N-dealkylation sites (tertiary alicyclic amines) is 1. The molecule has 37 heavy (non-hydrogen) atoms. The van der Waals surface area contributed by atoms with Crippen molar-refractivity contribution in [2.75, 3.05) is 17.2 Å². The highest BCUT2D eigenvalue weighted by Crippen LogP contribution is 2.51. The van der Waals surface area contributed by atoms with Crippen LogP contribution in [0.25, 0.3) is 0 Å². The van der Waals surface area contributed by atoms with Crippen LogP contribution in [0.4, 0.5) is 16.2 Å². The van der Waals surface area contributed by atoms with Gasteiger partial charge in [-0.25, -0.2) is 4.79 Å². The molecule has 0 unspecified atom stereocenters. The molecule has 190 valence electrons. The molecule has 3 N–H and O–H groups in total. The number of nitrogens with zero attached hydrogens (tertiary/aromatic N) is 2. The molecule has 0 radical (unpaired) electrons. The van der Waals surface area contributed by atoms with Crippen molar-refractivity contribution < 1.29 is 9.59 Å². The van der Waals surface area contributed by atoms with E-state index >= 15 is 0 Å². The Labute approximate surface area is 217 Å². The topological polar surface area (TPSA) is 86.4 Å². The van der Waals surface area contributed by atoms with Crippen LogP contribution in [0.15, 0.2) is 79.1 Å². The van der Waals surface area contributed by atoms with E-state index in [1.54, 1.807) is 24.5 Å². The summed E-state index contributed by atoms with van der Waals surface area (Å²) >= 11 is 0. The molecule has 1 saturated carbocycles. The van der Waals surface area contributed by atoms with Crippen LogP contribution in [0.2, 0.25) is 0 Å². The fraction of sp³-hybridized carbons (Fsp3) is 0.367. The van der Waals surface area contributed by atoms with E-state index < -0.39 is 0 Å². The van der Waals surface area contributed by atoms with Crippen molar-refractivity contribution in [1.82, 2.24) is 15.2 Å². The van der Waals surface area contributed by atoms with E-state index in [2.05, 4.69) is 74.4 Å². The van der Waals surface area contributed by atoms with E-state index in [0.29, 0.717) is 11.6 Å². The summed E-state index contributed by atoms with van der Waals surface area (Å²) in [5.41, 5.74) is 4.19. The number of urea groups is 1. The number of anilines is 2. The zero-order valence-corrected chi connectivity index (χ0v) is 20.8. The Morgan fingerprint density at radius 3 is 2.57 bits per heavy atom. The molecule has 0 spiro atoms. The van der Waals surface area contributed by atoms with Gasteiger partial charge >= 0.3 is 6.03 Å². The number of aromatic nitrogens is 1. The standard InChI is InChI=1S/C30H33N5O2/c36-29(23-13-5-7-15-26(23)34-30(37)32-21-11-8-17-31-19-21)35-18-16-24-27(20-9-2-1-3-10-20)33-25-14-6-4-12-22(25)28(24)35/h1-4,6,8-12,14,17,19,23-24,26-28,33H,5,7,13,15-16,18H2,(H2,32,34,37)/t23-,24-,26+,27-,28-/m0/s1. The first kappa shape index (κ1) is 23.5. The third-order valence-corrected chi connectivity index (χ3v) is 8.22. The highest BCUT2D eigenvalue weighted by molar-refractivity contribution is 5.90. The lowest BCUT2D eigenvalue weighted by atomic mass is 9.79. The van der Waals surface area contributed by atoms with E-state index in [4.69, 9.17) is 0 Å². The van der Waals surface area contributed by atoms with Gasteiger partial charge in [0.15, 0.2) is 0 Å². The predicted molar refractivity (Wildman–Crippen MR) is 144 cm³/mol. The van der Waals surface area contributed by atoms with E-state index in [1.165, 1.54) is 11.1 Å². The van der Waals surface area contributed by atoms with Gasteiger partial charge in [0.05, 0.1) is 29.9 Å². The lowest BCUT2D eigenvalue weighted by Gasteiger charge is -2.42. The van der Waals surface area contributed by atoms with Crippen LogP contribution < -0.4 is 16.0 Å². The Bertz CT molecular complexity index is 1250. The van der Waals surface area contributed by atoms with Crippen LogP contribution in [0, 0.1) is 11.8 Å². The van der Waals surface area contributed by atoms with E-state index in [-0.39, 0.29) is 36.0 Å². The van der Waals surface area contributed by atoms with Crippen LogP contribution in [-0.4, -0.2) is 34.4 Å². The Balaban J connectivity index is 1.24. The molecule has 1 aromatic heterocycles. The summed E-state index contributed by atoms with van der Waals surface area (Å²) in [6.07, 6.45) is 7.86. The first-order valence-corrected chi connectivity index (χ1v) is 13.4.